The number of benzene rings is 2. The second-order valence-electron chi connectivity index (χ2n) is 6.26. The molecule has 0 aromatic heterocycles. The average Bonchev–Trinajstić information content (AvgIpc) is 3.37. The molecule has 3 rings (SSSR count). The molecular formula is C21H21N2O. The molecule has 2 aromatic carbocycles. The van der Waals surface area contributed by atoms with E-state index in [-0.39, 0.29) is 11.8 Å². The third kappa shape index (κ3) is 3.62. The molecule has 0 bridgehead atoms. The number of hydrogen-bond donors (Lipinski definition) is 1. The van der Waals surface area contributed by atoms with Crippen LogP contribution in [-0.4, -0.2) is 12.1 Å². The Labute approximate surface area is 142 Å². The highest BCUT2D eigenvalue weighted by Gasteiger charge is 2.43. The molecule has 0 spiro atoms. The fourth-order valence-electron chi connectivity index (χ4n) is 2.86. The van der Waals surface area contributed by atoms with E-state index >= 15 is 0 Å². The van der Waals surface area contributed by atoms with Crippen LogP contribution in [-0.2, 0) is 4.79 Å². The van der Waals surface area contributed by atoms with Crippen LogP contribution in [0.4, 0.5) is 5.69 Å². The third-order valence-electron chi connectivity index (χ3n) is 4.41. The van der Waals surface area contributed by atoms with Gasteiger partial charge in [-0.2, -0.15) is 0 Å². The van der Waals surface area contributed by atoms with Gasteiger partial charge in [0.2, 0.25) is 5.91 Å². The van der Waals surface area contributed by atoms with Crippen LogP contribution in [0.1, 0.15) is 23.5 Å². The quantitative estimate of drug-likeness (QED) is 0.866. The van der Waals surface area contributed by atoms with Gasteiger partial charge >= 0.3 is 0 Å². The maximum Gasteiger partial charge on any atom is 0.228 e. The summed E-state index contributed by atoms with van der Waals surface area (Å²) < 4.78 is 0. The predicted octanol–water partition coefficient (Wildman–Crippen LogP) is 2.79. The molecule has 121 valence electrons. The van der Waals surface area contributed by atoms with Crippen LogP contribution in [0.25, 0.3) is 12.7 Å². The molecule has 24 heavy (non-hydrogen) atoms. The highest BCUT2D eigenvalue weighted by molar-refractivity contribution is 5.95. The Kier molecular flexibility index (Phi) is 4.61. The number of hydrogen-bond acceptors (Lipinski definition) is 2. The molecule has 2 unspecified atom stereocenters. The summed E-state index contributed by atoms with van der Waals surface area (Å²) in [5.41, 5.74) is 3.27. The van der Waals surface area contributed by atoms with Gasteiger partial charge in [0.05, 0.1) is 7.05 Å². The topological polar surface area (TPSA) is 41.5 Å². The highest BCUT2D eigenvalue weighted by Crippen LogP contribution is 2.47. The van der Waals surface area contributed by atoms with E-state index in [1.807, 2.05) is 24.3 Å². The lowest BCUT2D eigenvalue weighted by Gasteiger charge is -2.05. The Morgan fingerprint density at radius 2 is 2.00 bits per heavy atom. The van der Waals surface area contributed by atoms with Crippen LogP contribution < -0.4 is 15.8 Å². The van der Waals surface area contributed by atoms with Crippen LogP contribution in [0, 0.1) is 19.9 Å². The molecule has 3 heteroatoms. The fourth-order valence-corrected chi connectivity index (χ4v) is 2.86. The summed E-state index contributed by atoms with van der Waals surface area (Å²) >= 11 is 0. The van der Waals surface area contributed by atoms with E-state index in [0.29, 0.717) is 5.92 Å². The molecule has 3 nitrogen and oxygen atoms in total. The fraction of sp³-hybridized carbons (Fsp3) is 0.190. The van der Waals surface area contributed by atoms with E-state index in [1.54, 1.807) is 6.21 Å². The molecule has 1 N–H and O–H groups in total. The first-order valence-corrected chi connectivity index (χ1v) is 8.04. The average molecular weight is 317 g/mol. The molecule has 1 aliphatic rings. The van der Waals surface area contributed by atoms with E-state index in [0.717, 1.165) is 22.5 Å². The Morgan fingerprint density at radius 3 is 2.71 bits per heavy atom. The summed E-state index contributed by atoms with van der Waals surface area (Å²) in [5.74, 6) is 0.470. The molecule has 0 heterocycles. The van der Waals surface area contributed by atoms with Gasteiger partial charge < -0.3 is 5.32 Å². The van der Waals surface area contributed by atoms with E-state index in [2.05, 4.69) is 55.1 Å². The number of nitrogens with zero attached hydrogens (tertiary/aromatic N) is 1. The van der Waals surface area contributed by atoms with Crippen LogP contribution in [0.5, 0.6) is 0 Å². The van der Waals surface area contributed by atoms with Crippen molar-refractivity contribution in [3.8, 4) is 0 Å². The normalized spacial score (nSPS) is 20.3. The monoisotopic (exact) mass is 317 g/mol. The molecule has 1 fully saturated rings. The minimum atomic E-state index is 0.0565. The van der Waals surface area contributed by atoms with Crippen molar-refractivity contribution in [3.63, 3.8) is 0 Å². The second-order valence-corrected chi connectivity index (χ2v) is 6.26. The predicted molar refractivity (Wildman–Crippen MR) is 100 cm³/mol. The number of aryl methyl sites for hydroxylation is 1. The van der Waals surface area contributed by atoms with Crippen molar-refractivity contribution in [3.05, 3.63) is 71.1 Å². The largest absolute Gasteiger partial charge is 0.326 e. The Morgan fingerprint density at radius 1 is 1.25 bits per heavy atom. The van der Waals surface area contributed by atoms with Crippen molar-refractivity contribution in [1.82, 2.24) is 0 Å². The van der Waals surface area contributed by atoms with Gasteiger partial charge in [0.15, 0.2) is 0 Å². The lowest BCUT2D eigenvalue weighted by molar-refractivity contribution is -0.117. The minimum absolute atomic E-state index is 0.0565. The van der Waals surface area contributed by atoms with Gasteiger partial charge in [-0.25, -0.2) is 0 Å². The number of nitrogens with one attached hydrogen (secondary N) is 1. The Bertz CT molecular complexity index is 881. The molecular weight excluding hydrogens is 296 g/mol. The maximum absolute atomic E-state index is 12.5. The SMILES string of the molecule is [CH2]N=C/C=c1/cc(NC(=O)C2CC2c2ccc(C)cc2)ccc1=C. The molecule has 1 amide bonds. The summed E-state index contributed by atoms with van der Waals surface area (Å²) in [5, 5.41) is 4.82. The van der Waals surface area contributed by atoms with Gasteiger partial charge in [-0.15, -0.1) is 0 Å². The van der Waals surface area contributed by atoms with E-state index < -0.39 is 0 Å². The highest BCUT2D eigenvalue weighted by atomic mass is 16.2. The van der Waals surface area contributed by atoms with Gasteiger partial charge in [-0.1, -0.05) is 42.5 Å². The molecule has 2 aromatic rings. The molecule has 0 saturated heterocycles. The Balaban J connectivity index is 1.70. The summed E-state index contributed by atoms with van der Waals surface area (Å²) in [4.78, 5) is 16.2. The molecule has 1 aliphatic carbocycles. The number of amides is 1. The summed E-state index contributed by atoms with van der Waals surface area (Å²) in [7, 11) is 3.42. The molecule has 2 atom stereocenters. The second kappa shape index (κ2) is 6.83. The summed E-state index contributed by atoms with van der Waals surface area (Å²) in [6, 6.07) is 14.1. The molecule has 1 saturated carbocycles. The van der Waals surface area contributed by atoms with Crippen molar-refractivity contribution in [2.24, 2.45) is 10.9 Å². The zero-order valence-electron chi connectivity index (χ0n) is 13.8. The van der Waals surface area contributed by atoms with Gasteiger partial charge in [0.1, 0.15) is 0 Å². The number of anilines is 1. The molecule has 1 radical (unpaired) electrons. The zero-order valence-corrected chi connectivity index (χ0v) is 13.8. The van der Waals surface area contributed by atoms with Gasteiger partial charge in [-0.3, -0.25) is 9.79 Å². The lowest BCUT2D eigenvalue weighted by Crippen LogP contribution is -2.24. The van der Waals surface area contributed by atoms with Gasteiger partial charge in [-0.05, 0) is 53.5 Å². The van der Waals surface area contributed by atoms with E-state index in [1.165, 1.54) is 11.1 Å². The van der Waals surface area contributed by atoms with E-state index in [9.17, 15) is 4.79 Å². The van der Waals surface area contributed by atoms with Crippen LogP contribution in [0.15, 0.2) is 47.5 Å². The van der Waals surface area contributed by atoms with Crippen molar-refractivity contribution >= 4 is 30.5 Å². The van der Waals surface area contributed by atoms with Crippen molar-refractivity contribution in [1.29, 1.82) is 0 Å². The van der Waals surface area contributed by atoms with Crippen molar-refractivity contribution in [2.45, 2.75) is 19.3 Å². The van der Waals surface area contributed by atoms with Gasteiger partial charge in [0, 0.05) is 17.8 Å². The van der Waals surface area contributed by atoms with Crippen molar-refractivity contribution in [2.75, 3.05) is 5.32 Å². The van der Waals surface area contributed by atoms with Crippen LogP contribution >= 0.6 is 0 Å². The lowest BCUT2D eigenvalue weighted by atomic mass is 10.1. The first-order chi connectivity index (χ1) is 11.6. The summed E-state index contributed by atoms with van der Waals surface area (Å²) in [6.45, 7) is 6.04. The summed E-state index contributed by atoms with van der Waals surface area (Å²) in [6.07, 6.45) is 4.36. The third-order valence-corrected chi connectivity index (χ3v) is 4.41. The smallest absolute Gasteiger partial charge is 0.228 e. The first kappa shape index (κ1) is 16.2. The number of rotatable bonds is 4. The number of aliphatic imine (C=N–C) groups is 1. The molecule has 0 aliphatic heterocycles. The van der Waals surface area contributed by atoms with E-state index in [4.69, 9.17) is 0 Å². The standard InChI is InChI=1S/C21H21N2O/c1-14-4-7-16(8-5-14)19-13-20(19)21(24)23-18-9-6-15(2)17(12-18)10-11-22-3/h4-12,19-20H,2-3,13H2,1H3,(H,23,24)/b17-10-,22-11?. The Hall–Kier alpha value is -2.68. The van der Waals surface area contributed by atoms with Gasteiger partial charge in [0.25, 0.3) is 0 Å². The minimum Gasteiger partial charge on any atom is -0.326 e. The number of carbonyl (C=O) groups is 1. The number of carbonyl (C=O) groups excluding carboxylic acids is 1. The van der Waals surface area contributed by atoms with Crippen LogP contribution in [0.2, 0.25) is 0 Å². The maximum atomic E-state index is 12.5. The first-order valence-electron chi connectivity index (χ1n) is 8.04. The van der Waals surface area contributed by atoms with Crippen LogP contribution in [0.3, 0.4) is 0 Å². The zero-order chi connectivity index (χ0) is 17.1. The van der Waals surface area contributed by atoms with Crippen molar-refractivity contribution < 1.29 is 4.79 Å².